The highest BCUT2D eigenvalue weighted by atomic mass is 16.2. The second kappa shape index (κ2) is 4.19. The fourth-order valence-electron chi connectivity index (χ4n) is 2.27. The number of amides is 1. The van der Waals surface area contributed by atoms with Crippen molar-refractivity contribution in [1.82, 2.24) is 4.90 Å². The van der Waals surface area contributed by atoms with E-state index in [4.69, 9.17) is 0 Å². The average Bonchev–Trinajstić information content (AvgIpc) is 2.38. The van der Waals surface area contributed by atoms with Crippen LogP contribution in [0, 0.1) is 10.8 Å². The lowest BCUT2D eigenvalue weighted by Gasteiger charge is -2.26. The Labute approximate surface area is 98.2 Å². The van der Waals surface area contributed by atoms with Crippen molar-refractivity contribution in [3.05, 3.63) is 0 Å². The van der Waals surface area contributed by atoms with Gasteiger partial charge >= 0.3 is 0 Å². The molecular weight excluding hydrogens is 202 g/mol. The second-order valence-electron chi connectivity index (χ2n) is 6.83. The lowest BCUT2D eigenvalue weighted by molar-refractivity contribution is -0.136. The molecule has 1 atom stereocenters. The molecule has 0 spiro atoms. The SMILES string of the molecule is CC(C)(C)CC(=O)N1CC(C)(C)C[C@H]1C=O. The molecule has 1 heterocycles. The van der Waals surface area contributed by atoms with Gasteiger partial charge in [0.2, 0.25) is 5.91 Å². The van der Waals surface area contributed by atoms with Crippen molar-refractivity contribution in [2.75, 3.05) is 6.54 Å². The molecule has 0 radical (unpaired) electrons. The second-order valence-corrected chi connectivity index (χ2v) is 6.83. The maximum atomic E-state index is 12.1. The molecule has 0 N–H and O–H groups in total. The van der Waals surface area contributed by atoms with E-state index in [0.717, 1.165) is 12.7 Å². The minimum Gasteiger partial charge on any atom is -0.332 e. The van der Waals surface area contributed by atoms with Crippen LogP contribution in [-0.2, 0) is 9.59 Å². The molecule has 3 nitrogen and oxygen atoms in total. The van der Waals surface area contributed by atoms with E-state index in [-0.39, 0.29) is 22.8 Å². The molecule has 0 aliphatic carbocycles. The summed E-state index contributed by atoms with van der Waals surface area (Å²) in [5.41, 5.74) is 0.0520. The first-order chi connectivity index (χ1) is 7.14. The van der Waals surface area contributed by atoms with Crippen molar-refractivity contribution < 1.29 is 9.59 Å². The summed E-state index contributed by atoms with van der Waals surface area (Å²) in [5.74, 6) is 0.107. The summed E-state index contributed by atoms with van der Waals surface area (Å²) in [5, 5.41) is 0. The van der Waals surface area contributed by atoms with Gasteiger partial charge in [0.1, 0.15) is 6.29 Å². The zero-order valence-electron chi connectivity index (χ0n) is 11.0. The number of carbonyl (C=O) groups excluding carboxylic acids is 2. The highest BCUT2D eigenvalue weighted by Gasteiger charge is 2.40. The smallest absolute Gasteiger partial charge is 0.223 e. The summed E-state index contributed by atoms with van der Waals surface area (Å²) >= 11 is 0. The zero-order valence-corrected chi connectivity index (χ0v) is 11.0. The van der Waals surface area contributed by atoms with Gasteiger partial charge in [0.05, 0.1) is 6.04 Å². The topological polar surface area (TPSA) is 37.4 Å². The van der Waals surface area contributed by atoms with Crippen molar-refractivity contribution in [2.45, 2.75) is 53.5 Å². The Hall–Kier alpha value is -0.860. The number of aldehydes is 1. The summed E-state index contributed by atoms with van der Waals surface area (Å²) in [7, 11) is 0. The van der Waals surface area contributed by atoms with Gasteiger partial charge in [-0.15, -0.1) is 0 Å². The summed E-state index contributed by atoms with van der Waals surface area (Å²) in [6.45, 7) is 11.0. The molecular formula is C13H23NO2. The first-order valence-electron chi connectivity index (χ1n) is 5.89. The van der Waals surface area contributed by atoms with Crippen molar-refractivity contribution >= 4 is 12.2 Å². The predicted molar refractivity (Wildman–Crippen MR) is 64.0 cm³/mol. The third kappa shape index (κ3) is 3.32. The molecule has 1 aliphatic heterocycles. The van der Waals surface area contributed by atoms with E-state index in [1.54, 1.807) is 4.90 Å². The van der Waals surface area contributed by atoms with Gasteiger partial charge in [-0.2, -0.15) is 0 Å². The van der Waals surface area contributed by atoms with Crippen LogP contribution in [0.25, 0.3) is 0 Å². The van der Waals surface area contributed by atoms with Crippen molar-refractivity contribution in [2.24, 2.45) is 10.8 Å². The number of likely N-dealkylation sites (tertiary alicyclic amines) is 1. The maximum Gasteiger partial charge on any atom is 0.223 e. The van der Waals surface area contributed by atoms with Crippen LogP contribution in [-0.4, -0.2) is 29.7 Å². The lowest BCUT2D eigenvalue weighted by Crippen LogP contribution is -2.38. The summed E-state index contributed by atoms with van der Waals surface area (Å²) in [4.78, 5) is 24.8. The van der Waals surface area contributed by atoms with Crippen molar-refractivity contribution in [3.8, 4) is 0 Å². The third-order valence-corrected chi connectivity index (χ3v) is 2.92. The molecule has 0 aromatic heterocycles. The van der Waals surface area contributed by atoms with E-state index >= 15 is 0 Å². The van der Waals surface area contributed by atoms with Gasteiger partial charge in [-0.3, -0.25) is 4.79 Å². The van der Waals surface area contributed by atoms with E-state index in [1.807, 2.05) is 20.8 Å². The minimum absolute atomic E-state index is 0.0166. The standard InChI is InChI=1S/C13H23NO2/c1-12(2,3)7-11(16)14-9-13(4,5)6-10(14)8-15/h8,10H,6-7,9H2,1-5H3/t10-/m0/s1. The number of carbonyl (C=O) groups is 2. The Bertz CT molecular complexity index is 289. The first-order valence-corrected chi connectivity index (χ1v) is 5.89. The first kappa shape index (κ1) is 13.2. The Morgan fingerprint density at radius 3 is 2.44 bits per heavy atom. The molecule has 1 saturated heterocycles. The fourth-order valence-corrected chi connectivity index (χ4v) is 2.27. The molecule has 0 unspecified atom stereocenters. The van der Waals surface area contributed by atoms with Crippen LogP contribution in [0.1, 0.15) is 47.5 Å². The molecule has 16 heavy (non-hydrogen) atoms. The van der Waals surface area contributed by atoms with Crippen LogP contribution >= 0.6 is 0 Å². The van der Waals surface area contributed by atoms with E-state index in [1.165, 1.54) is 0 Å². The highest BCUT2D eigenvalue weighted by molar-refractivity contribution is 5.81. The Balaban J connectivity index is 2.72. The Kier molecular flexibility index (Phi) is 3.46. The zero-order chi connectivity index (χ0) is 12.6. The largest absolute Gasteiger partial charge is 0.332 e. The van der Waals surface area contributed by atoms with Gasteiger partial charge in [-0.05, 0) is 17.3 Å². The van der Waals surface area contributed by atoms with Gasteiger partial charge in [0.15, 0.2) is 0 Å². The number of hydrogen-bond donors (Lipinski definition) is 0. The van der Waals surface area contributed by atoms with Crippen LogP contribution in [0.15, 0.2) is 0 Å². The summed E-state index contributed by atoms with van der Waals surface area (Å²) < 4.78 is 0. The normalized spacial score (nSPS) is 24.6. The van der Waals surface area contributed by atoms with Gasteiger partial charge in [-0.1, -0.05) is 34.6 Å². The Morgan fingerprint density at radius 2 is 2.00 bits per heavy atom. The third-order valence-electron chi connectivity index (χ3n) is 2.92. The van der Waals surface area contributed by atoms with E-state index in [9.17, 15) is 9.59 Å². The Morgan fingerprint density at radius 1 is 1.44 bits per heavy atom. The molecule has 0 saturated carbocycles. The fraction of sp³-hybridized carbons (Fsp3) is 0.846. The van der Waals surface area contributed by atoms with E-state index in [2.05, 4.69) is 13.8 Å². The number of hydrogen-bond acceptors (Lipinski definition) is 2. The molecule has 0 bridgehead atoms. The van der Waals surface area contributed by atoms with Gasteiger partial charge in [0.25, 0.3) is 0 Å². The predicted octanol–water partition coefficient (Wildman–Crippen LogP) is 2.25. The summed E-state index contributed by atoms with van der Waals surface area (Å²) in [6.07, 6.45) is 2.20. The van der Waals surface area contributed by atoms with Crippen molar-refractivity contribution in [3.63, 3.8) is 0 Å². The van der Waals surface area contributed by atoms with E-state index in [0.29, 0.717) is 13.0 Å². The molecule has 1 fully saturated rings. The van der Waals surface area contributed by atoms with E-state index < -0.39 is 0 Å². The molecule has 0 aromatic carbocycles. The highest BCUT2D eigenvalue weighted by Crippen LogP contribution is 2.34. The molecule has 1 aliphatic rings. The number of rotatable bonds is 2. The minimum atomic E-state index is -0.218. The molecule has 0 aromatic rings. The lowest BCUT2D eigenvalue weighted by atomic mass is 9.91. The molecule has 92 valence electrons. The van der Waals surface area contributed by atoms with Crippen molar-refractivity contribution in [1.29, 1.82) is 0 Å². The van der Waals surface area contributed by atoms with Crippen LogP contribution in [0.5, 0.6) is 0 Å². The van der Waals surface area contributed by atoms with Crippen LogP contribution in [0.3, 0.4) is 0 Å². The maximum absolute atomic E-state index is 12.1. The molecule has 1 rings (SSSR count). The average molecular weight is 225 g/mol. The molecule has 3 heteroatoms. The molecule has 1 amide bonds. The van der Waals surface area contributed by atoms with Gasteiger partial charge in [0, 0.05) is 13.0 Å². The van der Waals surface area contributed by atoms with Crippen LogP contribution in [0.2, 0.25) is 0 Å². The monoisotopic (exact) mass is 225 g/mol. The van der Waals surface area contributed by atoms with Crippen LogP contribution in [0.4, 0.5) is 0 Å². The quantitative estimate of drug-likeness (QED) is 0.676. The van der Waals surface area contributed by atoms with Gasteiger partial charge < -0.3 is 9.69 Å². The van der Waals surface area contributed by atoms with Gasteiger partial charge in [-0.25, -0.2) is 0 Å². The number of nitrogens with zero attached hydrogens (tertiary/aromatic N) is 1. The van der Waals surface area contributed by atoms with Crippen LogP contribution < -0.4 is 0 Å². The summed E-state index contributed by atoms with van der Waals surface area (Å²) in [6, 6.07) is -0.218.